The van der Waals surface area contributed by atoms with Crippen LogP contribution in [0.2, 0.25) is 0 Å². The fourth-order valence-electron chi connectivity index (χ4n) is 2.89. The average molecular weight is 388 g/mol. The number of carbonyl (C=O) groups is 1. The number of nitrogens with two attached hydrogens (primary N) is 1. The number of anilines is 3. The van der Waals surface area contributed by atoms with Crippen molar-refractivity contribution in [3.8, 4) is 0 Å². The molecule has 142 valence electrons. The van der Waals surface area contributed by atoms with Crippen molar-refractivity contribution in [1.82, 2.24) is 0 Å². The summed E-state index contributed by atoms with van der Waals surface area (Å²) in [6.07, 6.45) is 7.33. The van der Waals surface area contributed by atoms with Crippen molar-refractivity contribution in [2.24, 2.45) is 0 Å². The standard InChI is InChI=1S/C19H31Cl2N3O/c1-23(12-6-4-2-3-5-7-15-25)19-9-8-17(16-18(19)22)24(13-10-20)14-11-21/h8-9,15-16H,2-7,10-14,22H2,1H3. The van der Waals surface area contributed by atoms with Crippen LogP contribution in [0.15, 0.2) is 18.2 Å². The molecule has 0 heterocycles. The number of carbonyl (C=O) groups excluding carboxylic acids is 1. The first-order valence-electron chi connectivity index (χ1n) is 9.05. The number of hydrogen-bond acceptors (Lipinski definition) is 4. The minimum absolute atomic E-state index is 0.561. The molecule has 0 bridgehead atoms. The summed E-state index contributed by atoms with van der Waals surface area (Å²) in [5.41, 5.74) is 9.17. The highest BCUT2D eigenvalue weighted by molar-refractivity contribution is 6.18. The van der Waals surface area contributed by atoms with E-state index in [1.165, 1.54) is 12.8 Å². The van der Waals surface area contributed by atoms with E-state index in [9.17, 15) is 4.79 Å². The topological polar surface area (TPSA) is 49.6 Å². The van der Waals surface area contributed by atoms with Crippen LogP contribution in [0.25, 0.3) is 0 Å². The van der Waals surface area contributed by atoms with Gasteiger partial charge in [0.05, 0.1) is 11.4 Å². The third kappa shape index (κ3) is 8.19. The van der Waals surface area contributed by atoms with Crippen LogP contribution >= 0.6 is 23.2 Å². The van der Waals surface area contributed by atoms with E-state index < -0.39 is 0 Å². The Balaban J connectivity index is 2.50. The molecule has 25 heavy (non-hydrogen) atoms. The molecule has 6 heteroatoms. The second kappa shape index (κ2) is 13.1. The maximum Gasteiger partial charge on any atom is 0.119 e. The van der Waals surface area contributed by atoms with E-state index in [0.29, 0.717) is 18.2 Å². The van der Waals surface area contributed by atoms with E-state index in [0.717, 1.165) is 62.2 Å². The molecule has 0 unspecified atom stereocenters. The molecule has 0 radical (unpaired) electrons. The number of halogens is 2. The van der Waals surface area contributed by atoms with Crippen molar-refractivity contribution < 1.29 is 4.79 Å². The van der Waals surface area contributed by atoms with E-state index in [2.05, 4.69) is 29.0 Å². The molecule has 0 aliphatic heterocycles. The molecule has 0 aliphatic carbocycles. The predicted molar refractivity (Wildman–Crippen MR) is 112 cm³/mol. The number of nitrogen functional groups attached to an aromatic ring is 1. The molecule has 0 saturated carbocycles. The van der Waals surface area contributed by atoms with Crippen molar-refractivity contribution in [2.45, 2.75) is 38.5 Å². The lowest BCUT2D eigenvalue weighted by atomic mass is 10.1. The molecule has 4 nitrogen and oxygen atoms in total. The fourth-order valence-corrected chi connectivity index (χ4v) is 3.30. The van der Waals surface area contributed by atoms with Crippen molar-refractivity contribution >= 4 is 46.6 Å². The molecular formula is C19H31Cl2N3O. The summed E-state index contributed by atoms with van der Waals surface area (Å²) in [7, 11) is 2.08. The van der Waals surface area contributed by atoms with Crippen molar-refractivity contribution in [3.05, 3.63) is 18.2 Å². The van der Waals surface area contributed by atoms with Crippen molar-refractivity contribution in [3.63, 3.8) is 0 Å². The summed E-state index contributed by atoms with van der Waals surface area (Å²) in [6, 6.07) is 6.16. The Bertz CT molecular complexity index is 494. The zero-order valence-corrected chi connectivity index (χ0v) is 16.7. The number of benzene rings is 1. The summed E-state index contributed by atoms with van der Waals surface area (Å²) in [5, 5.41) is 0. The van der Waals surface area contributed by atoms with Crippen LogP contribution in [0, 0.1) is 0 Å². The minimum atomic E-state index is 0.561. The normalized spacial score (nSPS) is 10.7. The second-order valence-electron chi connectivity index (χ2n) is 6.25. The van der Waals surface area contributed by atoms with Gasteiger partial charge in [-0.2, -0.15) is 0 Å². The Morgan fingerprint density at radius 1 is 1.00 bits per heavy atom. The van der Waals surface area contributed by atoms with E-state index >= 15 is 0 Å². The van der Waals surface area contributed by atoms with Gasteiger partial charge in [-0.05, 0) is 31.0 Å². The molecule has 1 aromatic carbocycles. The van der Waals surface area contributed by atoms with Gasteiger partial charge in [-0.15, -0.1) is 23.2 Å². The molecule has 1 aromatic rings. The van der Waals surface area contributed by atoms with E-state index in [1.54, 1.807) is 0 Å². The number of nitrogens with zero attached hydrogens (tertiary/aromatic N) is 2. The van der Waals surface area contributed by atoms with E-state index in [1.807, 2.05) is 6.07 Å². The summed E-state index contributed by atoms with van der Waals surface area (Å²) in [5.74, 6) is 1.12. The number of hydrogen-bond donors (Lipinski definition) is 1. The minimum Gasteiger partial charge on any atom is -0.397 e. The van der Waals surface area contributed by atoms with Crippen LogP contribution in [0.5, 0.6) is 0 Å². The number of alkyl halides is 2. The van der Waals surface area contributed by atoms with Crippen LogP contribution < -0.4 is 15.5 Å². The molecular weight excluding hydrogens is 357 g/mol. The SMILES string of the molecule is CN(CCCCCCCC=O)c1ccc(N(CCCl)CCCl)cc1N. The molecule has 0 aliphatic rings. The summed E-state index contributed by atoms with van der Waals surface area (Å²) >= 11 is 11.7. The Kier molecular flexibility index (Phi) is 11.5. The highest BCUT2D eigenvalue weighted by atomic mass is 35.5. The van der Waals surface area contributed by atoms with Crippen molar-refractivity contribution in [1.29, 1.82) is 0 Å². The van der Waals surface area contributed by atoms with Gasteiger partial charge in [0.2, 0.25) is 0 Å². The van der Waals surface area contributed by atoms with Gasteiger partial charge in [-0.3, -0.25) is 0 Å². The molecule has 2 N–H and O–H groups in total. The maximum atomic E-state index is 10.3. The van der Waals surface area contributed by atoms with Gasteiger partial charge in [0.25, 0.3) is 0 Å². The second-order valence-corrected chi connectivity index (χ2v) is 7.01. The Labute approximate surface area is 162 Å². The fraction of sp³-hybridized carbons (Fsp3) is 0.632. The van der Waals surface area contributed by atoms with Gasteiger partial charge >= 0.3 is 0 Å². The predicted octanol–water partition coefficient (Wildman–Crippen LogP) is 4.53. The third-order valence-electron chi connectivity index (χ3n) is 4.31. The Morgan fingerprint density at radius 2 is 1.64 bits per heavy atom. The van der Waals surface area contributed by atoms with Gasteiger partial charge in [0.1, 0.15) is 6.29 Å². The molecule has 0 fully saturated rings. The zero-order chi connectivity index (χ0) is 18.5. The van der Waals surface area contributed by atoms with E-state index in [-0.39, 0.29) is 0 Å². The van der Waals surface area contributed by atoms with Gasteiger partial charge in [0.15, 0.2) is 0 Å². The van der Waals surface area contributed by atoms with Gasteiger partial charge in [-0.25, -0.2) is 0 Å². The Hall–Kier alpha value is -1.13. The summed E-state index contributed by atoms with van der Waals surface area (Å²) in [6.45, 7) is 2.49. The lowest BCUT2D eigenvalue weighted by Crippen LogP contribution is -2.28. The highest BCUT2D eigenvalue weighted by Crippen LogP contribution is 2.28. The lowest BCUT2D eigenvalue weighted by molar-refractivity contribution is -0.107. The number of aldehydes is 1. The van der Waals surface area contributed by atoms with Crippen LogP contribution in [-0.2, 0) is 4.79 Å². The smallest absolute Gasteiger partial charge is 0.119 e. The lowest BCUT2D eigenvalue weighted by Gasteiger charge is -2.26. The van der Waals surface area contributed by atoms with Gasteiger partial charge in [-0.1, -0.05) is 19.3 Å². The molecule has 0 amide bonds. The number of unbranched alkanes of at least 4 members (excludes halogenated alkanes) is 5. The van der Waals surface area contributed by atoms with Crippen LogP contribution in [0.4, 0.5) is 17.1 Å². The summed E-state index contributed by atoms with van der Waals surface area (Å²) in [4.78, 5) is 14.6. The first-order valence-corrected chi connectivity index (χ1v) is 10.1. The maximum absolute atomic E-state index is 10.3. The average Bonchev–Trinajstić information content (AvgIpc) is 2.60. The van der Waals surface area contributed by atoms with Crippen LogP contribution in [0.1, 0.15) is 38.5 Å². The molecule has 1 rings (SSSR count). The quantitative estimate of drug-likeness (QED) is 0.220. The van der Waals surface area contributed by atoms with Gasteiger partial charge < -0.3 is 20.3 Å². The molecule has 0 atom stereocenters. The third-order valence-corrected chi connectivity index (χ3v) is 4.65. The molecule has 0 aromatic heterocycles. The first-order chi connectivity index (χ1) is 12.1. The van der Waals surface area contributed by atoms with E-state index in [4.69, 9.17) is 28.9 Å². The molecule has 0 spiro atoms. The van der Waals surface area contributed by atoms with Gasteiger partial charge in [0, 0.05) is 50.6 Å². The Morgan fingerprint density at radius 3 is 2.24 bits per heavy atom. The zero-order valence-electron chi connectivity index (χ0n) is 15.2. The van der Waals surface area contributed by atoms with Crippen LogP contribution in [0.3, 0.4) is 0 Å². The first kappa shape index (κ1) is 21.9. The summed E-state index contributed by atoms with van der Waals surface area (Å²) < 4.78 is 0. The number of rotatable bonds is 14. The molecule has 0 saturated heterocycles. The van der Waals surface area contributed by atoms with Crippen LogP contribution in [-0.4, -0.2) is 44.7 Å². The monoisotopic (exact) mass is 387 g/mol. The highest BCUT2D eigenvalue weighted by Gasteiger charge is 2.10. The van der Waals surface area contributed by atoms with Crippen molar-refractivity contribution in [2.75, 3.05) is 54.0 Å². The largest absolute Gasteiger partial charge is 0.397 e.